The molecular formula is C15H25NO4S. The lowest BCUT2D eigenvalue weighted by molar-refractivity contribution is 0.267. The van der Waals surface area contributed by atoms with Crippen molar-refractivity contribution in [2.75, 3.05) is 19.8 Å². The van der Waals surface area contributed by atoms with Gasteiger partial charge in [-0.2, -0.15) is 0 Å². The molecule has 1 rings (SSSR count). The van der Waals surface area contributed by atoms with Crippen LogP contribution in [0.3, 0.4) is 0 Å². The number of benzene rings is 1. The highest BCUT2D eigenvalue weighted by Crippen LogP contribution is 2.30. The molecule has 1 N–H and O–H groups in total. The lowest BCUT2D eigenvalue weighted by Gasteiger charge is -2.14. The van der Waals surface area contributed by atoms with Gasteiger partial charge < -0.3 is 9.47 Å². The van der Waals surface area contributed by atoms with Crippen LogP contribution in [-0.4, -0.2) is 28.2 Å². The van der Waals surface area contributed by atoms with Gasteiger partial charge in [-0.1, -0.05) is 20.8 Å². The van der Waals surface area contributed by atoms with Gasteiger partial charge in [0.25, 0.3) is 0 Å². The monoisotopic (exact) mass is 315 g/mol. The Balaban J connectivity index is 3.02. The summed E-state index contributed by atoms with van der Waals surface area (Å²) in [4.78, 5) is 0.200. The van der Waals surface area contributed by atoms with E-state index in [0.717, 1.165) is 19.3 Å². The van der Waals surface area contributed by atoms with E-state index in [0.29, 0.717) is 31.3 Å². The Labute approximate surface area is 127 Å². The summed E-state index contributed by atoms with van der Waals surface area (Å²) in [6, 6.07) is 4.72. The molecule has 120 valence electrons. The number of rotatable bonds is 10. The smallest absolute Gasteiger partial charge is 0.240 e. The summed E-state index contributed by atoms with van der Waals surface area (Å²) in [6.45, 7) is 7.44. The van der Waals surface area contributed by atoms with Crippen molar-refractivity contribution in [1.29, 1.82) is 0 Å². The number of sulfonamides is 1. The van der Waals surface area contributed by atoms with Crippen LogP contribution < -0.4 is 14.2 Å². The van der Waals surface area contributed by atoms with Gasteiger partial charge in [0, 0.05) is 12.6 Å². The second-order valence-electron chi connectivity index (χ2n) is 4.70. The van der Waals surface area contributed by atoms with Gasteiger partial charge in [-0.15, -0.1) is 0 Å². The molecule has 0 spiro atoms. The van der Waals surface area contributed by atoms with Gasteiger partial charge in [0.15, 0.2) is 11.5 Å². The van der Waals surface area contributed by atoms with E-state index >= 15 is 0 Å². The van der Waals surface area contributed by atoms with Gasteiger partial charge >= 0.3 is 0 Å². The molecular weight excluding hydrogens is 290 g/mol. The number of nitrogens with one attached hydrogen (secondary N) is 1. The molecule has 0 bridgehead atoms. The molecule has 5 nitrogen and oxygen atoms in total. The van der Waals surface area contributed by atoms with E-state index in [1.807, 2.05) is 20.8 Å². The number of hydrogen-bond acceptors (Lipinski definition) is 4. The van der Waals surface area contributed by atoms with Crippen LogP contribution in [0, 0.1) is 0 Å². The minimum atomic E-state index is -3.49. The Bertz CT molecular complexity index is 528. The van der Waals surface area contributed by atoms with Crippen molar-refractivity contribution in [2.45, 2.75) is 44.9 Å². The summed E-state index contributed by atoms with van der Waals surface area (Å²) in [7, 11) is -3.49. The molecule has 0 heterocycles. The zero-order chi connectivity index (χ0) is 15.7. The summed E-state index contributed by atoms with van der Waals surface area (Å²) >= 11 is 0. The van der Waals surface area contributed by atoms with E-state index in [2.05, 4.69) is 4.72 Å². The fourth-order valence-corrected chi connectivity index (χ4v) is 2.78. The molecule has 0 fully saturated rings. The van der Waals surface area contributed by atoms with Crippen LogP contribution in [0.4, 0.5) is 0 Å². The topological polar surface area (TPSA) is 64.6 Å². The zero-order valence-electron chi connectivity index (χ0n) is 13.0. The Kier molecular flexibility index (Phi) is 7.53. The van der Waals surface area contributed by atoms with Crippen molar-refractivity contribution in [1.82, 2.24) is 4.72 Å². The Morgan fingerprint density at radius 2 is 1.57 bits per heavy atom. The molecule has 0 radical (unpaired) electrons. The van der Waals surface area contributed by atoms with Crippen LogP contribution in [0.15, 0.2) is 23.1 Å². The average molecular weight is 315 g/mol. The summed E-state index contributed by atoms with van der Waals surface area (Å²) in [5.74, 6) is 1.06. The van der Waals surface area contributed by atoms with Gasteiger partial charge in [0.2, 0.25) is 10.0 Å². The first-order valence-electron chi connectivity index (χ1n) is 7.44. The molecule has 0 aliphatic heterocycles. The normalized spacial score (nSPS) is 11.4. The van der Waals surface area contributed by atoms with Gasteiger partial charge in [0.05, 0.1) is 18.1 Å². The lowest BCUT2D eigenvalue weighted by atomic mass is 10.3. The first-order chi connectivity index (χ1) is 10.0. The van der Waals surface area contributed by atoms with Gasteiger partial charge in [-0.25, -0.2) is 13.1 Å². The van der Waals surface area contributed by atoms with Crippen molar-refractivity contribution < 1.29 is 17.9 Å². The highest BCUT2D eigenvalue weighted by Gasteiger charge is 2.16. The Hall–Kier alpha value is -1.27. The average Bonchev–Trinajstić information content (AvgIpc) is 2.49. The molecule has 21 heavy (non-hydrogen) atoms. The molecule has 0 aliphatic carbocycles. The SMILES string of the molecule is CCCNS(=O)(=O)c1ccc(OCCC)c(OCCC)c1. The van der Waals surface area contributed by atoms with Crippen LogP contribution in [0.2, 0.25) is 0 Å². The van der Waals surface area contributed by atoms with E-state index in [1.165, 1.54) is 6.07 Å². The van der Waals surface area contributed by atoms with Crippen LogP contribution in [0.1, 0.15) is 40.0 Å². The second kappa shape index (κ2) is 8.89. The minimum absolute atomic E-state index is 0.200. The van der Waals surface area contributed by atoms with Gasteiger partial charge in [0.1, 0.15) is 0 Å². The third-order valence-corrected chi connectivity index (χ3v) is 4.15. The van der Waals surface area contributed by atoms with Crippen molar-refractivity contribution >= 4 is 10.0 Å². The third-order valence-electron chi connectivity index (χ3n) is 2.69. The summed E-state index contributed by atoms with van der Waals surface area (Å²) in [5.41, 5.74) is 0. The maximum atomic E-state index is 12.1. The van der Waals surface area contributed by atoms with Crippen LogP contribution >= 0.6 is 0 Å². The molecule has 0 saturated carbocycles. The summed E-state index contributed by atoms with van der Waals surface area (Å²) < 4.78 is 38.0. The molecule has 1 aromatic carbocycles. The van der Waals surface area contributed by atoms with Crippen molar-refractivity contribution in [3.8, 4) is 11.5 Å². The molecule has 1 aromatic rings. The predicted molar refractivity (Wildman–Crippen MR) is 83.5 cm³/mol. The zero-order valence-corrected chi connectivity index (χ0v) is 13.8. The summed E-state index contributed by atoms with van der Waals surface area (Å²) in [6.07, 6.45) is 2.47. The lowest BCUT2D eigenvalue weighted by Crippen LogP contribution is -2.24. The molecule has 0 unspecified atom stereocenters. The molecule has 0 aliphatic rings. The maximum absolute atomic E-state index is 12.1. The highest BCUT2D eigenvalue weighted by atomic mass is 32.2. The highest BCUT2D eigenvalue weighted by molar-refractivity contribution is 7.89. The standard InChI is InChI=1S/C15H25NO4S/c1-4-9-16-21(17,18)13-7-8-14(19-10-5-2)15(12-13)20-11-6-3/h7-8,12,16H,4-6,9-11H2,1-3H3. The van der Waals surface area contributed by atoms with E-state index in [-0.39, 0.29) is 4.90 Å². The Morgan fingerprint density at radius 3 is 2.14 bits per heavy atom. The quantitative estimate of drug-likeness (QED) is 0.721. The van der Waals surface area contributed by atoms with E-state index in [4.69, 9.17) is 9.47 Å². The number of ether oxygens (including phenoxy) is 2. The number of hydrogen-bond donors (Lipinski definition) is 1. The van der Waals surface area contributed by atoms with Crippen LogP contribution in [0.25, 0.3) is 0 Å². The fraction of sp³-hybridized carbons (Fsp3) is 0.600. The largest absolute Gasteiger partial charge is 0.490 e. The van der Waals surface area contributed by atoms with Crippen molar-refractivity contribution in [3.63, 3.8) is 0 Å². The van der Waals surface area contributed by atoms with E-state index < -0.39 is 10.0 Å². The van der Waals surface area contributed by atoms with Gasteiger partial charge in [-0.05, 0) is 31.4 Å². The van der Waals surface area contributed by atoms with Crippen molar-refractivity contribution in [2.24, 2.45) is 0 Å². The van der Waals surface area contributed by atoms with E-state index in [9.17, 15) is 8.42 Å². The molecule has 0 saturated heterocycles. The van der Waals surface area contributed by atoms with Crippen molar-refractivity contribution in [3.05, 3.63) is 18.2 Å². The fourth-order valence-electron chi connectivity index (χ4n) is 1.63. The predicted octanol–water partition coefficient (Wildman–Crippen LogP) is 2.95. The molecule has 0 amide bonds. The second-order valence-corrected chi connectivity index (χ2v) is 6.47. The Morgan fingerprint density at radius 1 is 0.952 bits per heavy atom. The van der Waals surface area contributed by atoms with Gasteiger partial charge in [-0.3, -0.25) is 0 Å². The van der Waals surface area contributed by atoms with Crippen LogP contribution in [0.5, 0.6) is 11.5 Å². The first kappa shape index (κ1) is 17.8. The molecule has 0 atom stereocenters. The minimum Gasteiger partial charge on any atom is -0.490 e. The maximum Gasteiger partial charge on any atom is 0.240 e. The third kappa shape index (κ3) is 5.55. The van der Waals surface area contributed by atoms with E-state index in [1.54, 1.807) is 12.1 Å². The summed E-state index contributed by atoms with van der Waals surface area (Å²) in [5, 5.41) is 0. The first-order valence-corrected chi connectivity index (χ1v) is 8.92. The van der Waals surface area contributed by atoms with Crippen LogP contribution in [-0.2, 0) is 10.0 Å². The molecule has 0 aromatic heterocycles. The molecule has 6 heteroatoms.